The number of fused-ring (bicyclic) bond motifs is 3. The Kier molecular flexibility index (Phi) is 2.08. The maximum atomic E-state index is 11.9. The number of methoxy groups -OCH3 is 1. The Hall–Kier alpha value is -2.36. The summed E-state index contributed by atoms with van der Waals surface area (Å²) < 4.78 is 5.29. The molecule has 1 aromatic carbocycles. The number of hydrogen-bond donors (Lipinski definition) is 1. The highest BCUT2D eigenvalue weighted by molar-refractivity contribution is 6.07. The summed E-state index contributed by atoms with van der Waals surface area (Å²) in [5.41, 5.74) is 1.45. The first-order chi connectivity index (χ1) is 8.31. The van der Waals surface area contributed by atoms with Gasteiger partial charge in [-0.2, -0.15) is 0 Å². The Morgan fingerprint density at radius 2 is 2.24 bits per heavy atom. The SMILES string of the molecule is COc1cc2[nH]ccc(=O)c2c2cccnc12. The third kappa shape index (κ3) is 1.38. The van der Waals surface area contributed by atoms with Crippen LogP contribution in [-0.4, -0.2) is 17.1 Å². The molecule has 4 heteroatoms. The fourth-order valence-corrected chi connectivity index (χ4v) is 2.05. The largest absolute Gasteiger partial charge is 0.494 e. The lowest BCUT2D eigenvalue weighted by Gasteiger charge is -2.07. The predicted octanol–water partition coefficient (Wildman–Crippen LogP) is 2.08. The normalized spacial score (nSPS) is 10.9. The summed E-state index contributed by atoms with van der Waals surface area (Å²) in [6.07, 6.45) is 3.32. The summed E-state index contributed by atoms with van der Waals surface area (Å²) in [5, 5.41) is 1.46. The molecule has 0 bridgehead atoms. The second-order valence-electron chi connectivity index (χ2n) is 3.74. The molecule has 0 atom stereocenters. The lowest BCUT2D eigenvalue weighted by molar-refractivity contribution is 0.419. The van der Waals surface area contributed by atoms with Gasteiger partial charge in [-0.1, -0.05) is 6.07 Å². The Balaban J connectivity index is 2.65. The number of aromatic nitrogens is 2. The number of nitrogens with zero attached hydrogens (tertiary/aromatic N) is 1. The summed E-state index contributed by atoms with van der Waals surface area (Å²) in [7, 11) is 1.59. The molecule has 0 spiro atoms. The first-order valence-corrected chi connectivity index (χ1v) is 5.24. The van der Waals surface area contributed by atoms with Crippen molar-refractivity contribution in [2.45, 2.75) is 0 Å². The van der Waals surface area contributed by atoms with Crippen LogP contribution in [0.5, 0.6) is 5.75 Å². The molecule has 1 N–H and O–H groups in total. The van der Waals surface area contributed by atoms with Gasteiger partial charge in [0.25, 0.3) is 0 Å². The zero-order chi connectivity index (χ0) is 11.8. The van der Waals surface area contributed by atoms with E-state index in [1.54, 1.807) is 25.6 Å². The molecule has 4 nitrogen and oxygen atoms in total. The van der Waals surface area contributed by atoms with Gasteiger partial charge in [-0.15, -0.1) is 0 Å². The van der Waals surface area contributed by atoms with Gasteiger partial charge in [-0.25, -0.2) is 0 Å². The van der Waals surface area contributed by atoms with Crippen LogP contribution in [0.25, 0.3) is 21.8 Å². The summed E-state index contributed by atoms with van der Waals surface area (Å²) >= 11 is 0. The van der Waals surface area contributed by atoms with Gasteiger partial charge in [0.15, 0.2) is 5.43 Å². The van der Waals surface area contributed by atoms with Crippen molar-refractivity contribution >= 4 is 21.8 Å². The smallest absolute Gasteiger partial charge is 0.190 e. The summed E-state index contributed by atoms with van der Waals surface area (Å²) in [4.78, 5) is 19.2. The average molecular weight is 226 g/mol. The van der Waals surface area contributed by atoms with E-state index in [0.29, 0.717) is 16.7 Å². The number of ether oxygens (including phenoxy) is 1. The van der Waals surface area contributed by atoms with Gasteiger partial charge in [-0.3, -0.25) is 9.78 Å². The predicted molar refractivity (Wildman–Crippen MR) is 66.4 cm³/mol. The van der Waals surface area contributed by atoms with Gasteiger partial charge in [0.05, 0.1) is 18.0 Å². The molecule has 0 saturated carbocycles. The van der Waals surface area contributed by atoms with Crippen LogP contribution in [0, 0.1) is 0 Å². The maximum absolute atomic E-state index is 11.9. The maximum Gasteiger partial charge on any atom is 0.190 e. The van der Waals surface area contributed by atoms with Gasteiger partial charge in [0.1, 0.15) is 11.3 Å². The fraction of sp³-hybridized carbons (Fsp3) is 0.0769. The van der Waals surface area contributed by atoms with Crippen LogP contribution in [0.1, 0.15) is 0 Å². The van der Waals surface area contributed by atoms with Crippen molar-refractivity contribution < 1.29 is 4.74 Å². The van der Waals surface area contributed by atoms with Crippen LogP contribution < -0.4 is 10.2 Å². The molecular formula is C13H10N2O2. The second-order valence-corrected chi connectivity index (χ2v) is 3.74. The number of hydrogen-bond acceptors (Lipinski definition) is 3. The van der Waals surface area contributed by atoms with E-state index < -0.39 is 0 Å². The topological polar surface area (TPSA) is 55.0 Å². The molecule has 0 radical (unpaired) electrons. The molecule has 0 unspecified atom stereocenters. The van der Waals surface area contributed by atoms with E-state index in [1.807, 2.05) is 12.1 Å². The van der Waals surface area contributed by atoms with E-state index >= 15 is 0 Å². The lowest BCUT2D eigenvalue weighted by Crippen LogP contribution is -2.02. The monoisotopic (exact) mass is 226 g/mol. The van der Waals surface area contributed by atoms with Crippen molar-refractivity contribution in [2.75, 3.05) is 7.11 Å². The zero-order valence-electron chi connectivity index (χ0n) is 9.23. The van der Waals surface area contributed by atoms with Crippen molar-refractivity contribution in [3.05, 3.63) is 46.9 Å². The molecule has 0 aliphatic carbocycles. The molecule has 0 aliphatic heterocycles. The van der Waals surface area contributed by atoms with Crippen molar-refractivity contribution in [2.24, 2.45) is 0 Å². The summed E-state index contributed by atoms with van der Waals surface area (Å²) in [6, 6.07) is 7.00. The van der Waals surface area contributed by atoms with E-state index in [1.165, 1.54) is 6.07 Å². The van der Waals surface area contributed by atoms with Crippen LogP contribution >= 0.6 is 0 Å². The molecule has 0 saturated heterocycles. The number of H-pyrrole nitrogens is 1. The van der Waals surface area contributed by atoms with E-state index in [9.17, 15) is 4.79 Å². The van der Waals surface area contributed by atoms with Gasteiger partial charge >= 0.3 is 0 Å². The van der Waals surface area contributed by atoms with Crippen molar-refractivity contribution in [1.82, 2.24) is 9.97 Å². The van der Waals surface area contributed by atoms with Gasteiger partial charge < -0.3 is 9.72 Å². The quantitative estimate of drug-likeness (QED) is 0.646. The van der Waals surface area contributed by atoms with Crippen LogP contribution in [0.15, 0.2) is 41.5 Å². The number of rotatable bonds is 1. The highest BCUT2D eigenvalue weighted by atomic mass is 16.5. The molecule has 17 heavy (non-hydrogen) atoms. The molecule has 0 amide bonds. The molecule has 84 valence electrons. The van der Waals surface area contributed by atoms with Crippen molar-refractivity contribution in [3.63, 3.8) is 0 Å². The number of nitrogens with one attached hydrogen (secondary N) is 1. The first kappa shape index (κ1) is 9.84. The minimum Gasteiger partial charge on any atom is -0.494 e. The Labute approximate surface area is 96.9 Å². The van der Waals surface area contributed by atoms with Gasteiger partial charge in [-0.05, 0) is 6.07 Å². The molecule has 3 rings (SSSR count). The van der Waals surface area contributed by atoms with Crippen LogP contribution in [0.2, 0.25) is 0 Å². The Bertz CT molecular complexity index is 762. The van der Waals surface area contributed by atoms with Crippen molar-refractivity contribution in [3.8, 4) is 5.75 Å². The van der Waals surface area contributed by atoms with Gasteiger partial charge in [0, 0.05) is 29.9 Å². The summed E-state index contributed by atoms with van der Waals surface area (Å²) in [6.45, 7) is 0. The minimum atomic E-state index is -0.0144. The highest BCUT2D eigenvalue weighted by Crippen LogP contribution is 2.28. The lowest BCUT2D eigenvalue weighted by atomic mass is 10.1. The summed E-state index contributed by atoms with van der Waals surface area (Å²) in [5.74, 6) is 0.662. The third-order valence-corrected chi connectivity index (χ3v) is 2.80. The third-order valence-electron chi connectivity index (χ3n) is 2.80. The fourth-order valence-electron chi connectivity index (χ4n) is 2.05. The molecule has 2 heterocycles. The van der Waals surface area contributed by atoms with Crippen LogP contribution in [-0.2, 0) is 0 Å². The molecule has 2 aromatic heterocycles. The van der Waals surface area contributed by atoms with Crippen LogP contribution in [0.3, 0.4) is 0 Å². The van der Waals surface area contributed by atoms with E-state index in [2.05, 4.69) is 9.97 Å². The Morgan fingerprint density at radius 1 is 1.35 bits per heavy atom. The first-order valence-electron chi connectivity index (χ1n) is 5.24. The standard InChI is InChI=1S/C13H10N2O2/c1-17-11-7-9-12(10(16)4-6-14-9)8-3-2-5-15-13(8)11/h2-7H,1H3,(H,14,16). The second kappa shape index (κ2) is 3.59. The number of pyridine rings is 2. The highest BCUT2D eigenvalue weighted by Gasteiger charge is 2.09. The van der Waals surface area contributed by atoms with Crippen molar-refractivity contribution in [1.29, 1.82) is 0 Å². The molecule has 0 aliphatic rings. The van der Waals surface area contributed by atoms with E-state index in [4.69, 9.17) is 4.74 Å². The average Bonchev–Trinajstić information content (AvgIpc) is 2.37. The van der Waals surface area contributed by atoms with E-state index in [0.717, 1.165) is 10.9 Å². The number of aromatic amines is 1. The molecule has 0 fully saturated rings. The number of benzene rings is 1. The van der Waals surface area contributed by atoms with Gasteiger partial charge in [0.2, 0.25) is 0 Å². The minimum absolute atomic E-state index is 0.0144. The molecular weight excluding hydrogens is 216 g/mol. The van der Waals surface area contributed by atoms with E-state index in [-0.39, 0.29) is 5.43 Å². The zero-order valence-corrected chi connectivity index (χ0v) is 9.23. The van der Waals surface area contributed by atoms with Crippen LogP contribution in [0.4, 0.5) is 0 Å². The molecule has 3 aromatic rings. The Morgan fingerprint density at radius 3 is 3.06 bits per heavy atom.